The average Bonchev–Trinajstić information content (AvgIpc) is 2.32. The van der Waals surface area contributed by atoms with Gasteiger partial charge in [0, 0.05) is 0 Å². The molecule has 1 aromatic rings. The van der Waals surface area contributed by atoms with Crippen molar-refractivity contribution >= 4 is 9.84 Å². The van der Waals surface area contributed by atoms with Crippen molar-refractivity contribution < 1.29 is 8.42 Å². The number of benzene rings is 1. The first-order valence-corrected chi connectivity index (χ1v) is 7.60. The van der Waals surface area contributed by atoms with Crippen LogP contribution in [-0.4, -0.2) is 13.7 Å². The highest BCUT2D eigenvalue weighted by atomic mass is 32.2. The summed E-state index contributed by atoms with van der Waals surface area (Å²) in [5.41, 5.74) is 1.59. The summed E-state index contributed by atoms with van der Waals surface area (Å²) in [6, 6.07) is 7.26. The number of sulfone groups is 1. The normalized spacial score (nSPS) is 14.8. The number of hydrogen-bond acceptors (Lipinski definition) is 3. The van der Waals surface area contributed by atoms with Gasteiger partial charge in [-0.1, -0.05) is 32.4 Å². The second-order valence-electron chi connectivity index (χ2n) is 4.75. The Kier molecular flexibility index (Phi) is 4.53. The highest BCUT2D eigenvalue weighted by molar-refractivity contribution is 7.92. The zero-order valence-corrected chi connectivity index (χ0v) is 12.1. The molecular weight excluding hydrogens is 246 g/mol. The first-order valence-electron chi connectivity index (χ1n) is 6.05. The van der Waals surface area contributed by atoms with Crippen LogP contribution in [0, 0.1) is 31.1 Å². The van der Waals surface area contributed by atoms with Crippen LogP contribution in [0.5, 0.6) is 0 Å². The molecule has 0 amide bonds. The zero-order chi connectivity index (χ0) is 13.9. The van der Waals surface area contributed by atoms with E-state index < -0.39 is 15.1 Å². The molecule has 18 heavy (non-hydrogen) atoms. The molecule has 3 nitrogen and oxygen atoms in total. The quantitative estimate of drug-likeness (QED) is 0.840. The lowest BCUT2D eigenvalue weighted by Crippen LogP contribution is -2.27. The molecule has 98 valence electrons. The summed E-state index contributed by atoms with van der Waals surface area (Å²) in [6.45, 7) is 7.31. The highest BCUT2D eigenvalue weighted by Crippen LogP contribution is 2.26. The van der Waals surface area contributed by atoms with Crippen molar-refractivity contribution in [2.75, 3.05) is 0 Å². The van der Waals surface area contributed by atoms with E-state index >= 15 is 0 Å². The fourth-order valence-electron chi connectivity index (χ4n) is 1.87. The Bertz CT molecular complexity index is 570. The smallest absolute Gasteiger partial charge is 0.195 e. The van der Waals surface area contributed by atoms with Crippen LogP contribution >= 0.6 is 0 Å². The summed E-state index contributed by atoms with van der Waals surface area (Å²) in [5.74, 6) is -0.167. The lowest BCUT2D eigenvalue weighted by Gasteiger charge is -2.18. The third-order valence-electron chi connectivity index (χ3n) is 3.27. The number of hydrogen-bond donors (Lipinski definition) is 0. The fourth-order valence-corrected chi connectivity index (χ4v) is 3.95. The van der Waals surface area contributed by atoms with Gasteiger partial charge in [-0.05, 0) is 37.0 Å². The molecule has 0 aliphatic rings. The van der Waals surface area contributed by atoms with Crippen LogP contribution < -0.4 is 0 Å². The molecule has 0 saturated heterocycles. The maximum atomic E-state index is 12.5. The maximum absolute atomic E-state index is 12.5. The monoisotopic (exact) mass is 265 g/mol. The zero-order valence-electron chi connectivity index (χ0n) is 11.3. The molecule has 1 aromatic carbocycles. The van der Waals surface area contributed by atoms with Crippen LogP contribution in [0.4, 0.5) is 0 Å². The van der Waals surface area contributed by atoms with Crippen LogP contribution in [0.15, 0.2) is 23.1 Å². The van der Waals surface area contributed by atoms with Gasteiger partial charge in [-0.3, -0.25) is 0 Å². The summed E-state index contributed by atoms with van der Waals surface area (Å²) >= 11 is 0. The van der Waals surface area contributed by atoms with E-state index in [4.69, 9.17) is 5.26 Å². The Morgan fingerprint density at radius 1 is 1.33 bits per heavy atom. The molecule has 0 spiro atoms. The van der Waals surface area contributed by atoms with Gasteiger partial charge in [-0.25, -0.2) is 8.42 Å². The predicted octanol–water partition coefficient (Wildman–Crippen LogP) is 3.02. The van der Waals surface area contributed by atoms with Crippen molar-refractivity contribution in [3.8, 4) is 6.07 Å². The molecule has 4 heteroatoms. The minimum Gasteiger partial charge on any atom is -0.222 e. The van der Waals surface area contributed by atoms with Crippen LogP contribution in [0.2, 0.25) is 0 Å². The minimum atomic E-state index is -3.58. The number of nitriles is 1. The molecule has 0 fully saturated rings. The van der Waals surface area contributed by atoms with Gasteiger partial charge in [0.05, 0.1) is 11.0 Å². The molecule has 0 aliphatic carbocycles. The molecule has 0 saturated carbocycles. The third-order valence-corrected chi connectivity index (χ3v) is 5.56. The van der Waals surface area contributed by atoms with Gasteiger partial charge >= 0.3 is 0 Å². The van der Waals surface area contributed by atoms with Crippen molar-refractivity contribution in [2.45, 2.75) is 44.3 Å². The summed E-state index contributed by atoms with van der Waals surface area (Å²) < 4.78 is 25.0. The Morgan fingerprint density at radius 2 is 1.94 bits per heavy atom. The summed E-state index contributed by atoms with van der Waals surface area (Å²) in [7, 11) is -3.58. The van der Waals surface area contributed by atoms with E-state index in [1.54, 1.807) is 26.0 Å². The van der Waals surface area contributed by atoms with Crippen LogP contribution in [-0.2, 0) is 9.84 Å². The van der Waals surface area contributed by atoms with Crippen molar-refractivity contribution in [1.82, 2.24) is 0 Å². The van der Waals surface area contributed by atoms with E-state index in [1.165, 1.54) is 0 Å². The molecule has 0 radical (unpaired) electrons. The van der Waals surface area contributed by atoms with Gasteiger partial charge in [-0.15, -0.1) is 0 Å². The SMILES string of the molecule is CCC(C)C(C#N)S(=O)(=O)c1cc(C)ccc1C. The first-order chi connectivity index (χ1) is 8.34. The second-order valence-corrected chi connectivity index (χ2v) is 6.79. The molecule has 0 aliphatic heterocycles. The van der Waals surface area contributed by atoms with Gasteiger partial charge in [-0.2, -0.15) is 5.26 Å². The average molecular weight is 265 g/mol. The first kappa shape index (κ1) is 14.7. The predicted molar refractivity (Wildman–Crippen MR) is 72.0 cm³/mol. The van der Waals surface area contributed by atoms with Gasteiger partial charge < -0.3 is 0 Å². The van der Waals surface area contributed by atoms with E-state index in [1.807, 2.05) is 26.0 Å². The molecule has 0 aromatic heterocycles. The number of aryl methyl sites for hydroxylation is 2. The van der Waals surface area contributed by atoms with Gasteiger partial charge in [0.2, 0.25) is 0 Å². The Balaban J connectivity index is 3.37. The Hall–Kier alpha value is -1.34. The van der Waals surface area contributed by atoms with Crippen LogP contribution in [0.1, 0.15) is 31.4 Å². The Morgan fingerprint density at radius 3 is 2.44 bits per heavy atom. The molecule has 2 unspecified atom stereocenters. The van der Waals surface area contributed by atoms with Crippen LogP contribution in [0.3, 0.4) is 0 Å². The maximum Gasteiger partial charge on any atom is 0.195 e. The number of nitrogens with zero attached hydrogens (tertiary/aromatic N) is 1. The Labute approximate surface area is 109 Å². The lowest BCUT2D eigenvalue weighted by atomic mass is 10.1. The van der Waals surface area contributed by atoms with Crippen molar-refractivity contribution in [3.05, 3.63) is 29.3 Å². The van der Waals surface area contributed by atoms with Crippen molar-refractivity contribution in [3.63, 3.8) is 0 Å². The molecular formula is C14H19NO2S. The second kappa shape index (κ2) is 5.53. The highest BCUT2D eigenvalue weighted by Gasteiger charge is 2.32. The molecule has 2 atom stereocenters. The summed E-state index contributed by atoms with van der Waals surface area (Å²) in [6.07, 6.45) is 0.669. The topological polar surface area (TPSA) is 57.9 Å². The largest absolute Gasteiger partial charge is 0.222 e. The van der Waals surface area contributed by atoms with E-state index in [0.29, 0.717) is 12.0 Å². The number of rotatable bonds is 4. The van der Waals surface area contributed by atoms with Gasteiger partial charge in [0.15, 0.2) is 15.1 Å². The van der Waals surface area contributed by atoms with Crippen molar-refractivity contribution in [1.29, 1.82) is 5.26 Å². The van der Waals surface area contributed by atoms with E-state index in [-0.39, 0.29) is 10.8 Å². The lowest BCUT2D eigenvalue weighted by molar-refractivity contribution is 0.533. The minimum absolute atomic E-state index is 0.167. The molecule has 0 N–H and O–H groups in total. The van der Waals surface area contributed by atoms with E-state index in [0.717, 1.165) is 5.56 Å². The molecule has 0 heterocycles. The molecule has 1 rings (SSSR count). The summed E-state index contributed by atoms with van der Waals surface area (Å²) in [4.78, 5) is 0.286. The fraction of sp³-hybridized carbons (Fsp3) is 0.500. The molecule has 0 bridgehead atoms. The van der Waals surface area contributed by atoms with Gasteiger partial charge in [0.25, 0.3) is 0 Å². The third kappa shape index (κ3) is 2.73. The standard InChI is InChI=1S/C14H19NO2S/c1-5-11(3)14(9-15)18(16,17)13-8-10(2)6-7-12(13)4/h6-8,11,14H,5H2,1-4H3. The summed E-state index contributed by atoms with van der Waals surface area (Å²) in [5, 5.41) is 8.19. The van der Waals surface area contributed by atoms with Crippen molar-refractivity contribution in [2.24, 2.45) is 5.92 Å². The van der Waals surface area contributed by atoms with Crippen LogP contribution in [0.25, 0.3) is 0 Å². The van der Waals surface area contributed by atoms with Gasteiger partial charge in [0.1, 0.15) is 0 Å². The van der Waals surface area contributed by atoms with E-state index in [9.17, 15) is 8.42 Å². The van der Waals surface area contributed by atoms with E-state index in [2.05, 4.69) is 0 Å².